The Hall–Kier alpha value is -10.8. The predicted octanol–water partition coefficient (Wildman–Crippen LogP) is 22.8. The molecule has 82 heavy (non-hydrogen) atoms. The van der Waals surface area contributed by atoms with Gasteiger partial charge in [0.1, 0.15) is 23.0 Å². The minimum absolute atomic E-state index is 0.885. The first-order chi connectivity index (χ1) is 40.7. The molecule has 0 amide bonds. The van der Waals surface area contributed by atoms with Crippen LogP contribution >= 0.6 is 0 Å². The van der Waals surface area contributed by atoms with Crippen molar-refractivity contribution in [2.24, 2.45) is 0 Å². The minimum atomic E-state index is 0.885. The molecule has 0 bridgehead atoms. The van der Waals surface area contributed by atoms with E-state index in [4.69, 9.17) is 9.47 Å². The highest BCUT2D eigenvalue weighted by Gasteiger charge is 2.27. The normalized spacial score (nSPS) is 12.3. The van der Waals surface area contributed by atoms with Crippen LogP contribution in [0.4, 0.5) is 0 Å². The van der Waals surface area contributed by atoms with E-state index >= 15 is 0 Å². The number of ether oxygens (including phenoxy) is 2. The van der Waals surface area contributed by atoms with Crippen LogP contribution < -0.4 is 9.47 Å². The van der Waals surface area contributed by atoms with Gasteiger partial charge in [0, 0.05) is 21.9 Å². The summed E-state index contributed by atoms with van der Waals surface area (Å²) in [6, 6.07) is 103. The molecule has 0 fully saturated rings. The molecule has 0 unspecified atom stereocenters. The summed E-state index contributed by atoms with van der Waals surface area (Å²) in [7, 11) is 0. The maximum absolute atomic E-state index is 6.68. The van der Waals surface area contributed by atoms with Crippen molar-refractivity contribution in [3.05, 3.63) is 279 Å². The van der Waals surface area contributed by atoms with E-state index in [-0.39, 0.29) is 0 Å². The van der Waals surface area contributed by atoms with Crippen molar-refractivity contribution in [2.75, 3.05) is 0 Å². The lowest BCUT2D eigenvalue weighted by atomic mass is 9.81. The summed E-state index contributed by atoms with van der Waals surface area (Å²) >= 11 is 0. The molecule has 2 heterocycles. The zero-order chi connectivity index (χ0) is 53.6. The van der Waals surface area contributed by atoms with E-state index in [1.807, 2.05) is 0 Å². The van der Waals surface area contributed by atoms with Crippen LogP contribution in [-0.4, -0.2) is 0 Å². The van der Waals surface area contributed by atoms with Gasteiger partial charge in [0.05, 0.1) is 0 Å². The van der Waals surface area contributed by atoms with Crippen molar-refractivity contribution >= 4 is 86.2 Å². The summed E-state index contributed by atoms with van der Waals surface area (Å²) < 4.78 is 13.4. The van der Waals surface area contributed by atoms with Crippen LogP contribution in [0.2, 0.25) is 0 Å². The van der Waals surface area contributed by atoms with Gasteiger partial charge in [-0.1, -0.05) is 237 Å². The highest BCUT2D eigenvalue weighted by molar-refractivity contribution is 6.29. The second-order valence-corrected chi connectivity index (χ2v) is 22.0. The van der Waals surface area contributed by atoms with Crippen molar-refractivity contribution in [3.63, 3.8) is 0 Å². The minimum Gasteiger partial charge on any atom is -0.456 e. The molecule has 0 atom stereocenters. The van der Waals surface area contributed by atoms with E-state index in [1.54, 1.807) is 0 Å². The van der Waals surface area contributed by atoms with E-state index in [2.05, 4.69) is 279 Å². The Morgan fingerprint density at radius 2 is 0.476 bits per heavy atom. The summed E-state index contributed by atoms with van der Waals surface area (Å²) in [5.74, 6) is 3.54. The smallest absolute Gasteiger partial charge is 0.135 e. The number of hydrogen-bond donors (Lipinski definition) is 0. The Morgan fingerprint density at radius 1 is 0.171 bits per heavy atom. The van der Waals surface area contributed by atoms with Gasteiger partial charge in [0.15, 0.2) is 0 Å². The molecule has 2 aliphatic heterocycles. The quantitative estimate of drug-likeness (QED) is 0.160. The summed E-state index contributed by atoms with van der Waals surface area (Å²) in [6.45, 7) is 0. The number of fused-ring (bicyclic) bond motifs is 10. The van der Waals surface area contributed by atoms with Crippen LogP contribution in [0.25, 0.3) is 164 Å². The standard InChI is InChI=1S/C80H46O2/c1-3-21-51-47(17-1)19-13-29-55(51)77-60-27-7-5-25-58(60)75(65-42-41-64-54-24-10-12-35-72(54)81-73-36-16-33-63(65)80(64)73)67-39-37-49(45-69(67)77)50-38-40-68-70(46-50)78(56-30-14-20-48-18-2-4-22-52(48)56)61-28-8-6-26-59(61)76(68)66-43-44-74-79-57(31-15-32-62(66)79)53-23-9-11-34-71(53)82-74/h1-46H. The van der Waals surface area contributed by atoms with Crippen LogP contribution in [0.3, 0.4) is 0 Å². The molecule has 2 heteroatoms. The van der Waals surface area contributed by atoms with E-state index in [0.29, 0.717) is 0 Å². The molecule has 0 saturated carbocycles. The topological polar surface area (TPSA) is 18.5 Å². The monoisotopic (exact) mass is 1040 g/mol. The first-order valence-electron chi connectivity index (χ1n) is 28.3. The molecule has 0 radical (unpaired) electrons. The average molecular weight is 1040 g/mol. The molecule has 378 valence electrons. The van der Waals surface area contributed by atoms with Gasteiger partial charge < -0.3 is 9.47 Å². The highest BCUT2D eigenvalue weighted by Crippen LogP contribution is 2.55. The van der Waals surface area contributed by atoms with E-state index < -0.39 is 0 Å². The summed E-state index contributed by atoms with van der Waals surface area (Å²) in [4.78, 5) is 0. The van der Waals surface area contributed by atoms with Crippen LogP contribution in [0.15, 0.2) is 279 Å². The fourth-order valence-corrected chi connectivity index (χ4v) is 14.4. The predicted molar refractivity (Wildman–Crippen MR) is 345 cm³/mol. The lowest BCUT2D eigenvalue weighted by Crippen LogP contribution is -1.98. The lowest BCUT2D eigenvalue weighted by molar-refractivity contribution is 0.487. The number of benzene rings is 16. The molecule has 16 aromatic rings. The zero-order valence-electron chi connectivity index (χ0n) is 44.4. The molecule has 0 aromatic heterocycles. The van der Waals surface area contributed by atoms with Crippen molar-refractivity contribution in [2.45, 2.75) is 0 Å². The molecule has 0 saturated heterocycles. The highest BCUT2D eigenvalue weighted by atomic mass is 16.5. The Labute approximate surface area is 472 Å². The Balaban J connectivity index is 0.938. The number of para-hydroxylation sites is 2. The summed E-state index contributed by atoms with van der Waals surface area (Å²) in [5.41, 5.74) is 16.6. The molecule has 2 aliphatic rings. The van der Waals surface area contributed by atoms with Gasteiger partial charge >= 0.3 is 0 Å². The van der Waals surface area contributed by atoms with E-state index in [9.17, 15) is 0 Å². The van der Waals surface area contributed by atoms with Gasteiger partial charge in [-0.05, 0) is 185 Å². The number of hydrogen-bond acceptors (Lipinski definition) is 2. The van der Waals surface area contributed by atoms with E-state index in [0.717, 1.165) is 56.0 Å². The summed E-state index contributed by atoms with van der Waals surface area (Å²) in [6.07, 6.45) is 0. The van der Waals surface area contributed by atoms with Crippen LogP contribution in [0.5, 0.6) is 23.0 Å². The molecular weight excluding hydrogens is 993 g/mol. The van der Waals surface area contributed by atoms with E-state index in [1.165, 1.54) is 131 Å². The SMILES string of the molecule is c1ccc2c(c1)Oc1ccc(-c3c4ccccc4c(-c4cccc5ccccc45)c4cc(-c5ccc6c(-c7ccc8c9c(cccc79)Oc7ccccc7-8)c7ccccc7c(-c7cccc8ccccc78)c6c5)ccc34)c3cccc-2c13. The van der Waals surface area contributed by atoms with Gasteiger partial charge in [0.2, 0.25) is 0 Å². The van der Waals surface area contributed by atoms with Gasteiger partial charge in [-0.3, -0.25) is 0 Å². The Morgan fingerprint density at radius 3 is 1.00 bits per heavy atom. The third kappa shape index (κ3) is 6.46. The lowest BCUT2D eigenvalue weighted by Gasteiger charge is -2.24. The zero-order valence-corrected chi connectivity index (χ0v) is 44.4. The molecule has 16 aromatic carbocycles. The van der Waals surface area contributed by atoms with Crippen LogP contribution in [-0.2, 0) is 0 Å². The van der Waals surface area contributed by atoms with Crippen molar-refractivity contribution in [1.82, 2.24) is 0 Å². The fourth-order valence-electron chi connectivity index (χ4n) is 14.4. The molecule has 0 spiro atoms. The maximum Gasteiger partial charge on any atom is 0.135 e. The largest absolute Gasteiger partial charge is 0.456 e. The van der Waals surface area contributed by atoms with Crippen molar-refractivity contribution < 1.29 is 9.47 Å². The van der Waals surface area contributed by atoms with Crippen molar-refractivity contribution in [3.8, 4) is 101 Å². The van der Waals surface area contributed by atoms with Gasteiger partial charge in [-0.2, -0.15) is 0 Å². The second kappa shape index (κ2) is 17.3. The average Bonchev–Trinajstić information content (AvgIpc) is 3.10. The Kier molecular flexibility index (Phi) is 9.54. The molecule has 2 nitrogen and oxygen atoms in total. The molecule has 0 aliphatic carbocycles. The first kappa shape index (κ1) is 45.1. The third-order valence-electron chi connectivity index (χ3n) is 17.8. The van der Waals surface area contributed by atoms with Crippen LogP contribution in [0, 0.1) is 0 Å². The maximum atomic E-state index is 6.68. The second-order valence-electron chi connectivity index (χ2n) is 22.0. The van der Waals surface area contributed by atoms with Crippen LogP contribution in [0.1, 0.15) is 0 Å². The van der Waals surface area contributed by atoms with Crippen molar-refractivity contribution in [1.29, 1.82) is 0 Å². The third-order valence-corrected chi connectivity index (χ3v) is 17.8. The van der Waals surface area contributed by atoms with Gasteiger partial charge in [0.25, 0.3) is 0 Å². The molecular formula is C80H46O2. The fraction of sp³-hybridized carbons (Fsp3) is 0. The molecule has 0 N–H and O–H groups in total. The first-order valence-corrected chi connectivity index (χ1v) is 28.3. The number of rotatable bonds is 5. The van der Waals surface area contributed by atoms with Gasteiger partial charge in [-0.25, -0.2) is 0 Å². The molecule has 18 rings (SSSR count). The Bertz CT molecular complexity index is 5170. The summed E-state index contributed by atoms with van der Waals surface area (Å²) in [5, 5.41) is 19.2. The van der Waals surface area contributed by atoms with Gasteiger partial charge in [-0.15, -0.1) is 0 Å².